The Morgan fingerprint density at radius 3 is 1.32 bits per heavy atom. The molecular weight excluding hydrogens is 791 g/mol. The molecule has 6 N–H and O–H groups in total. The van der Waals surface area contributed by atoms with Crippen LogP contribution in [-0.4, -0.2) is 87.5 Å². The van der Waals surface area contributed by atoms with Crippen molar-refractivity contribution in [2.45, 2.75) is 288 Å². The zero-order chi connectivity index (χ0) is 45.9. The van der Waals surface area contributed by atoms with E-state index >= 15 is 0 Å². The third kappa shape index (κ3) is 34.4. The molecule has 7 unspecified atom stereocenters. The highest BCUT2D eigenvalue weighted by molar-refractivity contribution is 5.76. The van der Waals surface area contributed by atoms with Gasteiger partial charge in [-0.15, -0.1) is 0 Å². The number of allylic oxidation sites excluding steroid dienone is 5. The number of aliphatic hydroxyl groups excluding tert-OH is 5. The van der Waals surface area contributed by atoms with Crippen LogP contribution in [0.25, 0.3) is 0 Å². The molecule has 1 aliphatic heterocycles. The number of carbonyl (C=O) groups is 1. The van der Waals surface area contributed by atoms with Gasteiger partial charge in [0.1, 0.15) is 24.4 Å². The second-order valence-electron chi connectivity index (χ2n) is 18.6. The van der Waals surface area contributed by atoms with Gasteiger partial charge in [0.05, 0.1) is 25.4 Å². The van der Waals surface area contributed by atoms with Gasteiger partial charge in [0.2, 0.25) is 5.91 Å². The van der Waals surface area contributed by atoms with Crippen molar-refractivity contribution in [2.75, 3.05) is 13.2 Å². The molecule has 1 amide bonds. The maximum atomic E-state index is 13.0. The topological polar surface area (TPSA) is 149 Å². The predicted octanol–water partition coefficient (Wildman–Crippen LogP) is 12.4. The summed E-state index contributed by atoms with van der Waals surface area (Å²) in [6, 6.07) is -0.824. The lowest BCUT2D eigenvalue weighted by molar-refractivity contribution is -0.302. The average molecular weight is 892 g/mol. The van der Waals surface area contributed by atoms with Crippen LogP contribution in [0.2, 0.25) is 0 Å². The van der Waals surface area contributed by atoms with Crippen LogP contribution >= 0.6 is 0 Å². The molecule has 1 saturated heterocycles. The van der Waals surface area contributed by atoms with E-state index in [9.17, 15) is 30.3 Å². The van der Waals surface area contributed by atoms with E-state index in [4.69, 9.17) is 9.47 Å². The van der Waals surface area contributed by atoms with Gasteiger partial charge < -0.3 is 40.3 Å². The van der Waals surface area contributed by atoms with Crippen LogP contribution in [0.15, 0.2) is 36.5 Å². The lowest BCUT2D eigenvalue weighted by Crippen LogP contribution is -2.60. The van der Waals surface area contributed by atoms with E-state index in [1.54, 1.807) is 6.08 Å². The van der Waals surface area contributed by atoms with Gasteiger partial charge in [-0.1, -0.05) is 237 Å². The Labute approximate surface area is 387 Å². The third-order valence-electron chi connectivity index (χ3n) is 12.7. The van der Waals surface area contributed by atoms with E-state index < -0.39 is 49.5 Å². The number of hydrogen-bond donors (Lipinski definition) is 6. The Bertz CT molecular complexity index is 1080. The highest BCUT2D eigenvalue weighted by Crippen LogP contribution is 2.23. The lowest BCUT2D eigenvalue weighted by atomic mass is 9.99. The first kappa shape index (κ1) is 59.4. The Morgan fingerprint density at radius 1 is 0.540 bits per heavy atom. The molecule has 1 rings (SSSR count). The minimum atomic E-state index is -1.57. The molecule has 0 aromatic heterocycles. The first-order valence-corrected chi connectivity index (χ1v) is 26.7. The molecule has 0 spiro atoms. The number of carbonyl (C=O) groups excluding carboxylic acids is 1. The molecule has 7 atom stereocenters. The van der Waals surface area contributed by atoms with Crippen molar-refractivity contribution in [2.24, 2.45) is 0 Å². The van der Waals surface area contributed by atoms with Gasteiger partial charge in [0, 0.05) is 6.42 Å². The SMILES string of the molecule is CC/C=C/CC/C=C/CC/C=C/C(O)C(COC1OC(CO)C(O)C(O)C1O)NC(=O)CCCCCCCCCCCCCCCCCCCCCCCCCCCCCCCC. The molecule has 63 heavy (non-hydrogen) atoms. The average Bonchev–Trinajstić information content (AvgIpc) is 3.28. The van der Waals surface area contributed by atoms with Gasteiger partial charge in [-0.2, -0.15) is 0 Å². The molecule has 0 bridgehead atoms. The summed E-state index contributed by atoms with van der Waals surface area (Å²) in [5.74, 6) is -0.190. The molecule has 1 fully saturated rings. The smallest absolute Gasteiger partial charge is 0.220 e. The monoisotopic (exact) mass is 892 g/mol. The number of unbranched alkanes of at least 4 members (excludes halogenated alkanes) is 31. The van der Waals surface area contributed by atoms with Crippen molar-refractivity contribution in [1.82, 2.24) is 5.32 Å². The third-order valence-corrected chi connectivity index (χ3v) is 12.7. The molecule has 0 aromatic carbocycles. The number of rotatable bonds is 45. The molecule has 370 valence electrons. The molecule has 0 aromatic rings. The molecule has 9 nitrogen and oxygen atoms in total. The van der Waals surface area contributed by atoms with Crippen molar-refractivity contribution in [3.63, 3.8) is 0 Å². The maximum absolute atomic E-state index is 13.0. The zero-order valence-electron chi connectivity index (χ0n) is 40.8. The lowest BCUT2D eigenvalue weighted by Gasteiger charge is -2.40. The Hall–Kier alpha value is -1.59. The van der Waals surface area contributed by atoms with E-state index in [0.29, 0.717) is 6.42 Å². The summed E-state index contributed by atoms with van der Waals surface area (Å²) in [5.41, 5.74) is 0. The molecule has 0 aliphatic carbocycles. The zero-order valence-corrected chi connectivity index (χ0v) is 40.8. The van der Waals surface area contributed by atoms with Crippen molar-refractivity contribution < 1.29 is 39.8 Å². The summed E-state index contributed by atoms with van der Waals surface area (Å²) < 4.78 is 11.2. The minimum absolute atomic E-state index is 0.190. The highest BCUT2D eigenvalue weighted by atomic mass is 16.7. The summed E-state index contributed by atoms with van der Waals surface area (Å²) in [7, 11) is 0. The van der Waals surface area contributed by atoms with E-state index in [1.165, 1.54) is 173 Å². The number of ether oxygens (including phenoxy) is 2. The van der Waals surface area contributed by atoms with Gasteiger partial charge in [0.25, 0.3) is 0 Å². The van der Waals surface area contributed by atoms with Gasteiger partial charge in [-0.05, 0) is 38.5 Å². The summed E-state index contributed by atoms with van der Waals surface area (Å²) >= 11 is 0. The van der Waals surface area contributed by atoms with Crippen LogP contribution in [0, 0.1) is 0 Å². The fourth-order valence-electron chi connectivity index (χ4n) is 8.49. The van der Waals surface area contributed by atoms with Crippen LogP contribution in [-0.2, 0) is 14.3 Å². The Morgan fingerprint density at radius 2 is 0.921 bits per heavy atom. The fourth-order valence-corrected chi connectivity index (χ4v) is 8.49. The molecule has 1 aliphatic rings. The molecular formula is C54H101NO8. The largest absolute Gasteiger partial charge is 0.394 e. The van der Waals surface area contributed by atoms with Crippen LogP contribution < -0.4 is 5.32 Å². The molecule has 0 saturated carbocycles. The van der Waals surface area contributed by atoms with Gasteiger partial charge in [0.15, 0.2) is 6.29 Å². The van der Waals surface area contributed by atoms with Gasteiger partial charge in [-0.3, -0.25) is 4.79 Å². The Balaban J connectivity index is 2.11. The summed E-state index contributed by atoms with van der Waals surface area (Å²) in [6.45, 7) is 3.64. The Kier molecular flexibility index (Phi) is 41.7. The summed E-state index contributed by atoms with van der Waals surface area (Å²) in [5, 5.41) is 54.1. The van der Waals surface area contributed by atoms with Crippen molar-refractivity contribution >= 4 is 5.91 Å². The van der Waals surface area contributed by atoms with Crippen LogP contribution in [0.5, 0.6) is 0 Å². The van der Waals surface area contributed by atoms with Crippen molar-refractivity contribution in [3.8, 4) is 0 Å². The van der Waals surface area contributed by atoms with Crippen LogP contribution in [0.1, 0.15) is 245 Å². The fraction of sp³-hybridized carbons (Fsp3) is 0.870. The normalized spacial score (nSPS) is 20.4. The highest BCUT2D eigenvalue weighted by Gasteiger charge is 2.44. The summed E-state index contributed by atoms with van der Waals surface area (Å²) in [6.07, 6.45) is 49.6. The van der Waals surface area contributed by atoms with Gasteiger partial charge in [-0.25, -0.2) is 0 Å². The van der Waals surface area contributed by atoms with Crippen molar-refractivity contribution in [1.29, 1.82) is 0 Å². The second kappa shape index (κ2) is 44.3. The quantitative estimate of drug-likeness (QED) is 0.0261. The standard InChI is InChI=1S/C54H101NO8/c1-3-5-7-9-11-13-15-16-17-18-19-20-21-22-23-24-25-26-27-28-29-30-31-32-33-34-36-38-40-42-44-50(58)55-47(46-62-54-53(61)52(60)51(59)49(45-56)63-54)48(57)43-41-39-37-35-14-12-10-8-6-4-2/h6,8,14,35,41,43,47-49,51-54,56-57,59-61H,3-5,7,9-13,15-34,36-40,42,44-46H2,1-2H3,(H,55,58)/b8-6+,35-14+,43-41+. The van der Waals surface area contributed by atoms with Crippen LogP contribution in [0.4, 0.5) is 0 Å². The first-order chi connectivity index (χ1) is 30.8. The van der Waals surface area contributed by atoms with E-state index in [-0.39, 0.29) is 12.5 Å². The van der Waals surface area contributed by atoms with Crippen LogP contribution in [0.3, 0.4) is 0 Å². The number of hydrogen-bond acceptors (Lipinski definition) is 8. The molecule has 0 radical (unpaired) electrons. The molecule has 1 heterocycles. The first-order valence-electron chi connectivity index (χ1n) is 26.7. The molecule has 9 heteroatoms. The number of nitrogens with one attached hydrogen (secondary N) is 1. The van der Waals surface area contributed by atoms with E-state index in [2.05, 4.69) is 43.5 Å². The van der Waals surface area contributed by atoms with E-state index in [0.717, 1.165) is 51.4 Å². The summed E-state index contributed by atoms with van der Waals surface area (Å²) in [4.78, 5) is 13.0. The number of amides is 1. The predicted molar refractivity (Wildman–Crippen MR) is 263 cm³/mol. The second-order valence-corrected chi connectivity index (χ2v) is 18.6. The van der Waals surface area contributed by atoms with E-state index in [1.807, 2.05) is 6.08 Å². The number of aliphatic hydroxyl groups is 5. The van der Waals surface area contributed by atoms with Gasteiger partial charge >= 0.3 is 0 Å². The van der Waals surface area contributed by atoms with Crippen molar-refractivity contribution in [3.05, 3.63) is 36.5 Å². The maximum Gasteiger partial charge on any atom is 0.220 e. The minimum Gasteiger partial charge on any atom is -0.394 e.